The molecule has 8 nitrogen and oxygen atoms in total. The lowest BCUT2D eigenvalue weighted by atomic mass is 10.1. The van der Waals surface area contributed by atoms with Crippen LogP contribution in [0.1, 0.15) is 31.6 Å². The molecule has 0 bridgehead atoms. The summed E-state index contributed by atoms with van der Waals surface area (Å²) in [6.07, 6.45) is 3.20. The Balaban J connectivity index is 1.71. The second-order valence-corrected chi connectivity index (χ2v) is 8.45. The van der Waals surface area contributed by atoms with Gasteiger partial charge in [-0.3, -0.25) is 4.57 Å². The normalized spacial score (nSPS) is 19.3. The lowest BCUT2D eigenvalue weighted by molar-refractivity contribution is 0.178. The molecule has 2 heterocycles. The molecule has 0 saturated carbocycles. The molecular weight excluding hydrogens is 354 g/mol. The largest absolute Gasteiger partial charge is 0.489 e. The summed E-state index contributed by atoms with van der Waals surface area (Å²) < 4.78 is 33.4. The first kappa shape index (κ1) is 18.7. The van der Waals surface area contributed by atoms with Crippen LogP contribution in [0.5, 0.6) is 5.75 Å². The summed E-state index contributed by atoms with van der Waals surface area (Å²) >= 11 is 0. The maximum atomic E-state index is 11.5. The lowest BCUT2D eigenvalue weighted by Crippen LogP contribution is -2.42. The van der Waals surface area contributed by atoms with Gasteiger partial charge in [-0.1, -0.05) is 18.2 Å². The van der Waals surface area contributed by atoms with E-state index in [1.807, 2.05) is 41.9 Å². The standard InChI is InChI=1S/C17H25N5O3S/c1-13(20-26(3,23)24)16-18-19-17(21(16)2)22-11-7-10-15(12-22)25-14-8-5-4-6-9-14/h4-6,8-9,13,15,20H,7,10-12H2,1-3H3. The van der Waals surface area contributed by atoms with Gasteiger partial charge >= 0.3 is 0 Å². The van der Waals surface area contributed by atoms with Crippen LogP contribution in [0.4, 0.5) is 5.95 Å². The van der Waals surface area contributed by atoms with Crippen molar-refractivity contribution in [3.8, 4) is 5.75 Å². The summed E-state index contributed by atoms with van der Waals surface area (Å²) in [6, 6.07) is 9.35. The zero-order valence-electron chi connectivity index (χ0n) is 15.3. The van der Waals surface area contributed by atoms with Crippen LogP contribution in [0.3, 0.4) is 0 Å². The Morgan fingerprint density at radius 3 is 2.69 bits per heavy atom. The highest BCUT2D eigenvalue weighted by Crippen LogP contribution is 2.23. The lowest BCUT2D eigenvalue weighted by Gasteiger charge is -2.33. The molecule has 142 valence electrons. The quantitative estimate of drug-likeness (QED) is 0.818. The molecule has 0 spiro atoms. The number of nitrogens with one attached hydrogen (secondary N) is 1. The fraction of sp³-hybridized carbons (Fsp3) is 0.529. The minimum atomic E-state index is -3.31. The summed E-state index contributed by atoms with van der Waals surface area (Å²) in [5.74, 6) is 2.17. The van der Waals surface area contributed by atoms with Crippen LogP contribution in [0, 0.1) is 0 Å². The van der Waals surface area contributed by atoms with Gasteiger partial charge in [-0.05, 0) is 31.9 Å². The molecule has 1 aromatic carbocycles. The molecule has 2 aromatic rings. The summed E-state index contributed by atoms with van der Waals surface area (Å²) in [4.78, 5) is 2.14. The molecule has 1 N–H and O–H groups in total. The molecule has 1 aliphatic rings. The molecule has 3 rings (SSSR count). The number of sulfonamides is 1. The summed E-state index contributed by atoms with van der Waals surface area (Å²) in [6.45, 7) is 3.34. The number of hydrogen-bond donors (Lipinski definition) is 1. The number of rotatable bonds is 6. The van der Waals surface area contributed by atoms with E-state index in [1.54, 1.807) is 6.92 Å². The van der Waals surface area contributed by atoms with Crippen molar-refractivity contribution in [2.24, 2.45) is 7.05 Å². The number of ether oxygens (including phenoxy) is 1. The van der Waals surface area contributed by atoms with Gasteiger partial charge in [0, 0.05) is 13.6 Å². The third-order valence-corrected chi connectivity index (χ3v) is 5.15. The zero-order chi connectivity index (χ0) is 18.7. The topological polar surface area (TPSA) is 89.3 Å². The van der Waals surface area contributed by atoms with Crippen LogP contribution in [-0.2, 0) is 17.1 Å². The van der Waals surface area contributed by atoms with Crippen molar-refractivity contribution >= 4 is 16.0 Å². The van der Waals surface area contributed by atoms with Crippen molar-refractivity contribution in [1.82, 2.24) is 19.5 Å². The Morgan fingerprint density at radius 2 is 2.00 bits per heavy atom. The van der Waals surface area contributed by atoms with Gasteiger partial charge in [0.1, 0.15) is 11.9 Å². The predicted octanol–water partition coefficient (Wildman–Crippen LogP) is 1.47. The fourth-order valence-electron chi connectivity index (χ4n) is 3.27. The highest BCUT2D eigenvalue weighted by molar-refractivity contribution is 7.88. The number of para-hydroxylation sites is 1. The van der Waals surface area contributed by atoms with E-state index in [0.29, 0.717) is 5.82 Å². The molecule has 0 aliphatic carbocycles. The Bertz CT molecular complexity index is 837. The molecule has 0 amide bonds. The number of anilines is 1. The third-order valence-electron chi connectivity index (χ3n) is 4.37. The van der Waals surface area contributed by atoms with Crippen LogP contribution < -0.4 is 14.4 Å². The van der Waals surface area contributed by atoms with Crippen LogP contribution in [-0.4, -0.2) is 48.6 Å². The van der Waals surface area contributed by atoms with Gasteiger partial charge in [-0.2, -0.15) is 0 Å². The third kappa shape index (κ3) is 4.53. The molecule has 26 heavy (non-hydrogen) atoms. The first-order valence-electron chi connectivity index (χ1n) is 8.67. The molecule has 0 radical (unpaired) electrons. The van der Waals surface area contributed by atoms with Crippen molar-refractivity contribution in [2.75, 3.05) is 24.2 Å². The number of piperidine rings is 1. The highest BCUT2D eigenvalue weighted by atomic mass is 32.2. The van der Waals surface area contributed by atoms with E-state index in [1.165, 1.54) is 0 Å². The first-order chi connectivity index (χ1) is 12.3. The highest BCUT2D eigenvalue weighted by Gasteiger charge is 2.26. The van der Waals surface area contributed by atoms with Crippen molar-refractivity contribution < 1.29 is 13.2 Å². The van der Waals surface area contributed by atoms with Gasteiger partial charge in [0.25, 0.3) is 0 Å². The maximum absolute atomic E-state index is 11.5. The van der Waals surface area contributed by atoms with Gasteiger partial charge < -0.3 is 9.64 Å². The number of benzene rings is 1. The van der Waals surface area contributed by atoms with Gasteiger partial charge in [0.05, 0.1) is 18.8 Å². The van der Waals surface area contributed by atoms with Gasteiger partial charge in [-0.25, -0.2) is 13.1 Å². The van der Waals surface area contributed by atoms with Crippen LogP contribution in [0.25, 0.3) is 0 Å². The smallest absolute Gasteiger partial charge is 0.227 e. The Labute approximate surface area is 154 Å². The minimum Gasteiger partial charge on any atom is -0.489 e. The van der Waals surface area contributed by atoms with E-state index in [0.717, 1.165) is 43.9 Å². The fourth-order valence-corrected chi connectivity index (χ4v) is 4.01. The number of nitrogens with zero attached hydrogens (tertiary/aromatic N) is 4. The Kier molecular flexibility index (Phi) is 5.47. The van der Waals surface area contributed by atoms with Gasteiger partial charge in [0.2, 0.25) is 16.0 Å². The van der Waals surface area contributed by atoms with E-state index in [9.17, 15) is 8.42 Å². The van der Waals surface area contributed by atoms with E-state index in [-0.39, 0.29) is 6.10 Å². The maximum Gasteiger partial charge on any atom is 0.227 e. The summed E-state index contributed by atoms with van der Waals surface area (Å²) in [7, 11) is -1.46. The molecule has 1 saturated heterocycles. The molecule has 1 aromatic heterocycles. The Morgan fingerprint density at radius 1 is 1.27 bits per heavy atom. The van der Waals surface area contributed by atoms with E-state index in [4.69, 9.17) is 4.74 Å². The first-order valence-corrected chi connectivity index (χ1v) is 10.6. The average Bonchev–Trinajstić information content (AvgIpc) is 2.96. The average molecular weight is 379 g/mol. The van der Waals surface area contributed by atoms with E-state index < -0.39 is 16.1 Å². The molecule has 2 unspecified atom stereocenters. The minimum absolute atomic E-state index is 0.0814. The summed E-state index contributed by atoms with van der Waals surface area (Å²) in [5.41, 5.74) is 0. The second kappa shape index (κ2) is 7.63. The molecule has 1 aliphatic heterocycles. The van der Waals surface area contributed by atoms with Crippen LogP contribution in [0.2, 0.25) is 0 Å². The number of hydrogen-bond acceptors (Lipinski definition) is 6. The molecule has 9 heteroatoms. The van der Waals surface area contributed by atoms with E-state index >= 15 is 0 Å². The second-order valence-electron chi connectivity index (χ2n) is 6.67. The van der Waals surface area contributed by atoms with E-state index in [2.05, 4.69) is 19.8 Å². The van der Waals surface area contributed by atoms with Crippen LogP contribution >= 0.6 is 0 Å². The molecule has 2 atom stereocenters. The van der Waals surface area contributed by atoms with Crippen molar-refractivity contribution in [3.05, 3.63) is 36.2 Å². The molecular formula is C17H25N5O3S. The van der Waals surface area contributed by atoms with Gasteiger partial charge in [0.15, 0.2) is 5.82 Å². The van der Waals surface area contributed by atoms with Crippen molar-refractivity contribution in [1.29, 1.82) is 0 Å². The Hall–Kier alpha value is -2.13. The SMILES string of the molecule is CC(NS(C)(=O)=O)c1nnc(N2CCCC(Oc3ccccc3)C2)n1C. The molecule has 1 fully saturated rings. The predicted molar refractivity (Wildman–Crippen MR) is 99.7 cm³/mol. The van der Waals surface area contributed by atoms with Crippen molar-refractivity contribution in [2.45, 2.75) is 31.9 Å². The monoisotopic (exact) mass is 379 g/mol. The number of aromatic nitrogens is 3. The summed E-state index contributed by atoms with van der Waals surface area (Å²) in [5, 5.41) is 8.47. The van der Waals surface area contributed by atoms with Crippen molar-refractivity contribution in [3.63, 3.8) is 0 Å². The van der Waals surface area contributed by atoms with Gasteiger partial charge in [-0.15, -0.1) is 10.2 Å². The zero-order valence-corrected chi connectivity index (χ0v) is 16.1. The van der Waals surface area contributed by atoms with Crippen LogP contribution in [0.15, 0.2) is 30.3 Å².